The minimum absolute atomic E-state index is 0.00793. The standard InChI is InChI=1S/C18H15Cl2NO5/c1-25-17(23)11-5-12(18(24)26-2)7-14(6-11)21-16(22)8-10-3-4-13(19)9-15(10)20/h3-7,9H,8H2,1-2H3,(H,21,22). The minimum Gasteiger partial charge on any atom is -0.465 e. The van der Waals surface area contributed by atoms with Crippen molar-refractivity contribution in [2.24, 2.45) is 0 Å². The number of carbonyl (C=O) groups excluding carboxylic acids is 3. The van der Waals surface area contributed by atoms with Crippen molar-refractivity contribution < 1.29 is 23.9 Å². The molecule has 0 aliphatic rings. The molecule has 6 nitrogen and oxygen atoms in total. The van der Waals surface area contributed by atoms with Crippen molar-refractivity contribution in [3.05, 3.63) is 63.1 Å². The number of esters is 2. The highest BCUT2D eigenvalue weighted by atomic mass is 35.5. The summed E-state index contributed by atoms with van der Waals surface area (Å²) in [6.07, 6.45) is -0.00793. The topological polar surface area (TPSA) is 81.7 Å². The maximum Gasteiger partial charge on any atom is 0.337 e. The van der Waals surface area contributed by atoms with E-state index in [0.717, 1.165) is 0 Å². The normalized spacial score (nSPS) is 10.2. The van der Waals surface area contributed by atoms with Gasteiger partial charge >= 0.3 is 11.9 Å². The number of hydrogen-bond donors (Lipinski definition) is 1. The summed E-state index contributed by atoms with van der Waals surface area (Å²) < 4.78 is 9.31. The molecule has 1 N–H and O–H groups in total. The summed E-state index contributed by atoms with van der Waals surface area (Å²) >= 11 is 11.9. The Kier molecular flexibility index (Phi) is 6.60. The summed E-state index contributed by atoms with van der Waals surface area (Å²) in [7, 11) is 2.43. The predicted octanol–water partition coefficient (Wildman–Crippen LogP) is 3.75. The zero-order valence-electron chi connectivity index (χ0n) is 14.0. The van der Waals surface area contributed by atoms with Crippen molar-refractivity contribution in [2.45, 2.75) is 6.42 Å². The summed E-state index contributed by atoms with van der Waals surface area (Å²) in [5.41, 5.74) is 1.06. The van der Waals surface area contributed by atoms with Crippen LogP contribution >= 0.6 is 23.2 Å². The number of hydrogen-bond acceptors (Lipinski definition) is 5. The molecule has 0 aromatic heterocycles. The van der Waals surface area contributed by atoms with E-state index >= 15 is 0 Å². The molecule has 0 saturated carbocycles. The van der Waals surface area contributed by atoms with Crippen LogP contribution in [0.15, 0.2) is 36.4 Å². The highest BCUT2D eigenvalue weighted by Gasteiger charge is 2.15. The molecule has 0 heterocycles. The molecule has 136 valence electrons. The first kappa shape index (κ1) is 19.8. The van der Waals surface area contributed by atoms with E-state index in [0.29, 0.717) is 15.6 Å². The molecule has 1 amide bonds. The second kappa shape index (κ2) is 8.69. The number of amides is 1. The Hall–Kier alpha value is -2.57. The fourth-order valence-electron chi connectivity index (χ4n) is 2.21. The Morgan fingerprint density at radius 3 is 2.00 bits per heavy atom. The average molecular weight is 396 g/mol. The molecule has 0 atom stereocenters. The van der Waals surface area contributed by atoms with Gasteiger partial charge in [0.05, 0.1) is 31.8 Å². The van der Waals surface area contributed by atoms with Gasteiger partial charge < -0.3 is 14.8 Å². The van der Waals surface area contributed by atoms with E-state index in [1.165, 1.54) is 32.4 Å². The molecular weight excluding hydrogens is 381 g/mol. The van der Waals surface area contributed by atoms with Gasteiger partial charge in [-0.1, -0.05) is 29.3 Å². The summed E-state index contributed by atoms with van der Waals surface area (Å²) in [4.78, 5) is 35.8. The van der Waals surface area contributed by atoms with Gasteiger partial charge in [0.25, 0.3) is 0 Å². The number of ether oxygens (including phenoxy) is 2. The molecule has 26 heavy (non-hydrogen) atoms. The molecule has 0 fully saturated rings. The first-order chi connectivity index (χ1) is 12.3. The second-order valence-electron chi connectivity index (χ2n) is 5.24. The van der Waals surface area contributed by atoms with Crippen molar-refractivity contribution in [1.82, 2.24) is 0 Å². The van der Waals surface area contributed by atoms with Gasteiger partial charge in [-0.15, -0.1) is 0 Å². The van der Waals surface area contributed by atoms with Crippen LogP contribution in [-0.4, -0.2) is 32.1 Å². The number of methoxy groups -OCH3 is 2. The maximum absolute atomic E-state index is 12.3. The Morgan fingerprint density at radius 2 is 1.50 bits per heavy atom. The molecule has 0 unspecified atom stereocenters. The third-order valence-corrected chi connectivity index (χ3v) is 4.01. The number of halogens is 2. The summed E-state index contributed by atoms with van der Waals surface area (Å²) in [6.45, 7) is 0. The first-order valence-corrected chi connectivity index (χ1v) is 8.15. The molecule has 0 bridgehead atoms. The Morgan fingerprint density at radius 1 is 0.923 bits per heavy atom. The van der Waals surface area contributed by atoms with Crippen LogP contribution in [0.3, 0.4) is 0 Å². The quantitative estimate of drug-likeness (QED) is 0.779. The Balaban J connectivity index is 2.25. The van der Waals surface area contributed by atoms with Crippen LogP contribution in [-0.2, 0) is 20.7 Å². The van der Waals surface area contributed by atoms with Crippen molar-refractivity contribution in [3.63, 3.8) is 0 Å². The lowest BCUT2D eigenvalue weighted by atomic mass is 10.1. The van der Waals surface area contributed by atoms with E-state index in [-0.39, 0.29) is 29.1 Å². The molecule has 0 aliphatic heterocycles. The maximum atomic E-state index is 12.3. The molecule has 2 rings (SSSR count). The van der Waals surface area contributed by atoms with Crippen LogP contribution < -0.4 is 5.32 Å². The van der Waals surface area contributed by atoms with E-state index in [1.807, 2.05) is 0 Å². The van der Waals surface area contributed by atoms with Crippen molar-refractivity contribution in [2.75, 3.05) is 19.5 Å². The fourth-order valence-corrected chi connectivity index (χ4v) is 2.69. The first-order valence-electron chi connectivity index (χ1n) is 7.39. The van der Waals surface area contributed by atoms with Crippen molar-refractivity contribution >= 4 is 46.7 Å². The fraction of sp³-hybridized carbons (Fsp3) is 0.167. The van der Waals surface area contributed by atoms with Crippen LogP contribution in [0.4, 0.5) is 5.69 Å². The lowest BCUT2D eigenvalue weighted by Crippen LogP contribution is -2.16. The van der Waals surface area contributed by atoms with Gasteiger partial charge in [0.1, 0.15) is 0 Å². The molecule has 0 radical (unpaired) electrons. The van der Waals surface area contributed by atoms with E-state index in [4.69, 9.17) is 23.2 Å². The SMILES string of the molecule is COC(=O)c1cc(NC(=O)Cc2ccc(Cl)cc2Cl)cc(C(=O)OC)c1. The van der Waals surface area contributed by atoms with Gasteiger partial charge in [-0.3, -0.25) is 4.79 Å². The Labute approximate surface area is 160 Å². The van der Waals surface area contributed by atoms with Gasteiger partial charge in [-0.05, 0) is 35.9 Å². The van der Waals surface area contributed by atoms with Gasteiger partial charge in [-0.25, -0.2) is 9.59 Å². The molecule has 8 heteroatoms. The monoisotopic (exact) mass is 395 g/mol. The molecule has 0 spiro atoms. The van der Waals surface area contributed by atoms with Crippen LogP contribution in [0.2, 0.25) is 10.0 Å². The third kappa shape index (κ3) is 4.97. The number of nitrogens with one attached hydrogen (secondary N) is 1. The lowest BCUT2D eigenvalue weighted by Gasteiger charge is -2.10. The van der Waals surface area contributed by atoms with Crippen LogP contribution in [0.5, 0.6) is 0 Å². The number of anilines is 1. The average Bonchev–Trinajstić information content (AvgIpc) is 2.62. The Bertz CT molecular complexity index is 832. The molecule has 2 aromatic rings. The van der Waals surface area contributed by atoms with Gasteiger partial charge in [0.15, 0.2) is 0 Å². The molecule has 0 saturated heterocycles. The predicted molar refractivity (Wildman–Crippen MR) is 97.9 cm³/mol. The largest absolute Gasteiger partial charge is 0.465 e. The smallest absolute Gasteiger partial charge is 0.337 e. The lowest BCUT2D eigenvalue weighted by molar-refractivity contribution is -0.115. The highest BCUT2D eigenvalue weighted by Crippen LogP contribution is 2.22. The van der Waals surface area contributed by atoms with E-state index in [1.54, 1.807) is 18.2 Å². The summed E-state index contributed by atoms with van der Waals surface area (Å²) in [6, 6.07) is 8.94. The van der Waals surface area contributed by atoms with Crippen LogP contribution in [0, 0.1) is 0 Å². The minimum atomic E-state index is -0.646. The zero-order chi connectivity index (χ0) is 19.3. The third-order valence-electron chi connectivity index (χ3n) is 3.43. The molecule has 0 aliphatic carbocycles. The van der Waals surface area contributed by atoms with Gasteiger partial charge in [-0.2, -0.15) is 0 Å². The van der Waals surface area contributed by atoms with Crippen LogP contribution in [0.1, 0.15) is 26.3 Å². The van der Waals surface area contributed by atoms with E-state index in [2.05, 4.69) is 14.8 Å². The highest BCUT2D eigenvalue weighted by molar-refractivity contribution is 6.35. The van der Waals surface area contributed by atoms with Crippen molar-refractivity contribution in [3.8, 4) is 0 Å². The zero-order valence-corrected chi connectivity index (χ0v) is 15.5. The number of rotatable bonds is 5. The summed E-state index contributed by atoms with van der Waals surface area (Å²) in [5, 5.41) is 3.46. The van der Waals surface area contributed by atoms with Gasteiger partial charge in [0.2, 0.25) is 5.91 Å². The number of carbonyl (C=O) groups is 3. The summed E-state index contributed by atoms with van der Waals surface area (Å²) in [5.74, 6) is -1.67. The number of benzene rings is 2. The molecule has 2 aromatic carbocycles. The van der Waals surface area contributed by atoms with Crippen molar-refractivity contribution in [1.29, 1.82) is 0 Å². The van der Waals surface area contributed by atoms with E-state index in [9.17, 15) is 14.4 Å². The second-order valence-corrected chi connectivity index (χ2v) is 6.09. The van der Waals surface area contributed by atoms with E-state index < -0.39 is 11.9 Å². The van der Waals surface area contributed by atoms with Gasteiger partial charge in [0, 0.05) is 15.7 Å². The van der Waals surface area contributed by atoms with Crippen LogP contribution in [0.25, 0.3) is 0 Å². The molecular formula is C18H15Cl2NO5.